The summed E-state index contributed by atoms with van der Waals surface area (Å²) in [4.78, 5) is 14.3. The summed E-state index contributed by atoms with van der Waals surface area (Å²) in [7, 11) is 0. The Balaban J connectivity index is 2.75. The van der Waals surface area contributed by atoms with Gasteiger partial charge in [-0.2, -0.15) is 4.99 Å². The average molecular weight is 213 g/mol. The zero-order chi connectivity index (χ0) is 10.6. The topological polar surface area (TPSA) is 93.5 Å². The SMILES string of the molecule is NC(N)=NC(=O)Nc1ccccc1Cl. The van der Waals surface area contributed by atoms with Gasteiger partial charge in [0.2, 0.25) is 0 Å². The molecular formula is C8H9ClN4O. The van der Waals surface area contributed by atoms with Crippen LogP contribution in [0.1, 0.15) is 0 Å². The number of nitrogens with one attached hydrogen (secondary N) is 1. The van der Waals surface area contributed by atoms with Crippen LogP contribution in [0.25, 0.3) is 0 Å². The Kier molecular flexibility index (Phi) is 3.30. The number of carbonyl (C=O) groups is 1. The van der Waals surface area contributed by atoms with Crippen molar-refractivity contribution in [2.75, 3.05) is 5.32 Å². The molecule has 5 nitrogen and oxygen atoms in total. The number of benzene rings is 1. The van der Waals surface area contributed by atoms with Gasteiger partial charge < -0.3 is 16.8 Å². The molecule has 14 heavy (non-hydrogen) atoms. The van der Waals surface area contributed by atoms with Crippen LogP contribution in [-0.2, 0) is 0 Å². The number of amides is 2. The number of hydrogen-bond acceptors (Lipinski definition) is 1. The fourth-order valence-corrected chi connectivity index (χ4v) is 1.01. The lowest BCUT2D eigenvalue weighted by Gasteiger charge is -2.02. The van der Waals surface area contributed by atoms with Gasteiger partial charge >= 0.3 is 6.03 Å². The van der Waals surface area contributed by atoms with Crippen molar-refractivity contribution in [1.82, 2.24) is 0 Å². The van der Waals surface area contributed by atoms with Gasteiger partial charge in [0.1, 0.15) is 0 Å². The number of rotatable bonds is 1. The van der Waals surface area contributed by atoms with E-state index >= 15 is 0 Å². The predicted molar refractivity (Wildman–Crippen MR) is 56.3 cm³/mol. The molecule has 0 atom stereocenters. The number of anilines is 1. The molecule has 0 spiro atoms. The van der Waals surface area contributed by atoms with Gasteiger partial charge in [0.15, 0.2) is 5.96 Å². The van der Waals surface area contributed by atoms with Crippen molar-refractivity contribution in [2.24, 2.45) is 16.5 Å². The number of aliphatic imine (C=N–C) groups is 1. The Bertz CT molecular complexity index is 373. The van der Waals surface area contributed by atoms with Gasteiger partial charge in [0.05, 0.1) is 10.7 Å². The lowest BCUT2D eigenvalue weighted by atomic mass is 10.3. The first kappa shape index (κ1) is 10.3. The Morgan fingerprint density at radius 2 is 2.00 bits per heavy atom. The van der Waals surface area contributed by atoms with E-state index in [0.717, 1.165) is 0 Å². The summed E-state index contributed by atoms with van der Waals surface area (Å²) >= 11 is 5.78. The minimum atomic E-state index is -0.655. The van der Waals surface area contributed by atoms with Gasteiger partial charge in [-0.1, -0.05) is 23.7 Å². The molecule has 0 aliphatic carbocycles. The van der Waals surface area contributed by atoms with Gasteiger partial charge in [0.25, 0.3) is 0 Å². The number of carbonyl (C=O) groups excluding carboxylic acids is 1. The molecule has 0 bridgehead atoms. The zero-order valence-corrected chi connectivity index (χ0v) is 7.95. The largest absolute Gasteiger partial charge is 0.370 e. The van der Waals surface area contributed by atoms with E-state index in [1.165, 1.54) is 0 Å². The second-order valence-electron chi connectivity index (χ2n) is 2.45. The highest BCUT2D eigenvalue weighted by Crippen LogP contribution is 2.20. The number of halogens is 1. The molecule has 0 aromatic heterocycles. The fourth-order valence-electron chi connectivity index (χ4n) is 0.823. The van der Waals surface area contributed by atoms with Crippen LogP contribution in [0.4, 0.5) is 10.5 Å². The van der Waals surface area contributed by atoms with E-state index in [0.29, 0.717) is 10.7 Å². The molecule has 0 unspecified atom stereocenters. The smallest absolute Gasteiger partial charge is 0.348 e. The van der Waals surface area contributed by atoms with E-state index in [9.17, 15) is 4.79 Å². The van der Waals surface area contributed by atoms with Gasteiger partial charge in [-0.25, -0.2) is 4.79 Å². The fraction of sp³-hybridized carbons (Fsp3) is 0. The molecule has 5 N–H and O–H groups in total. The minimum absolute atomic E-state index is 0.297. The minimum Gasteiger partial charge on any atom is -0.370 e. The molecule has 2 amide bonds. The second kappa shape index (κ2) is 4.48. The van der Waals surface area contributed by atoms with E-state index in [2.05, 4.69) is 10.3 Å². The summed E-state index contributed by atoms with van der Waals surface area (Å²) < 4.78 is 0. The molecule has 0 radical (unpaired) electrons. The highest BCUT2D eigenvalue weighted by Gasteiger charge is 2.02. The lowest BCUT2D eigenvalue weighted by molar-refractivity contribution is 0.259. The summed E-state index contributed by atoms with van der Waals surface area (Å²) in [5.74, 6) is -0.297. The van der Waals surface area contributed by atoms with Crippen molar-refractivity contribution >= 4 is 29.3 Å². The summed E-state index contributed by atoms with van der Waals surface area (Å²) in [5.41, 5.74) is 10.5. The normalized spacial score (nSPS) is 9.21. The summed E-state index contributed by atoms with van der Waals surface area (Å²) in [5, 5.41) is 2.85. The molecule has 0 aliphatic rings. The van der Waals surface area contributed by atoms with Crippen molar-refractivity contribution < 1.29 is 4.79 Å². The highest BCUT2D eigenvalue weighted by atomic mass is 35.5. The van der Waals surface area contributed by atoms with E-state index in [1.54, 1.807) is 24.3 Å². The summed E-state index contributed by atoms with van der Waals surface area (Å²) in [6.45, 7) is 0. The molecule has 74 valence electrons. The van der Waals surface area contributed by atoms with Crippen molar-refractivity contribution in [1.29, 1.82) is 0 Å². The molecule has 0 fully saturated rings. The van der Waals surface area contributed by atoms with Gasteiger partial charge in [0, 0.05) is 0 Å². The van der Waals surface area contributed by atoms with Crippen LogP contribution in [0, 0.1) is 0 Å². The van der Waals surface area contributed by atoms with Gasteiger partial charge in [-0.05, 0) is 12.1 Å². The first-order valence-electron chi connectivity index (χ1n) is 3.75. The van der Waals surface area contributed by atoms with E-state index in [4.69, 9.17) is 23.1 Å². The molecule has 1 aromatic rings. The first-order chi connectivity index (χ1) is 6.59. The molecule has 0 aliphatic heterocycles. The van der Waals surface area contributed by atoms with Crippen molar-refractivity contribution in [3.63, 3.8) is 0 Å². The van der Waals surface area contributed by atoms with Crippen LogP contribution in [-0.4, -0.2) is 12.0 Å². The molecule has 1 rings (SSSR count). The lowest BCUT2D eigenvalue weighted by Crippen LogP contribution is -2.25. The first-order valence-corrected chi connectivity index (χ1v) is 4.12. The highest BCUT2D eigenvalue weighted by molar-refractivity contribution is 6.33. The maximum Gasteiger partial charge on any atom is 0.348 e. The van der Waals surface area contributed by atoms with Crippen LogP contribution in [0.2, 0.25) is 5.02 Å². The molecular weight excluding hydrogens is 204 g/mol. The van der Waals surface area contributed by atoms with Crippen molar-refractivity contribution in [3.05, 3.63) is 29.3 Å². The standard InChI is InChI=1S/C8H9ClN4O/c9-5-3-1-2-4-6(5)12-8(14)13-7(10)11/h1-4H,(H5,10,11,12,13,14). The molecule has 0 saturated heterocycles. The number of nitrogens with zero attached hydrogens (tertiary/aromatic N) is 1. The molecule has 1 aromatic carbocycles. The van der Waals surface area contributed by atoms with Crippen LogP contribution in [0.3, 0.4) is 0 Å². The molecule has 0 heterocycles. The zero-order valence-electron chi connectivity index (χ0n) is 7.20. The quantitative estimate of drug-likeness (QED) is 0.481. The number of para-hydroxylation sites is 1. The Morgan fingerprint density at radius 3 is 2.57 bits per heavy atom. The predicted octanol–water partition coefficient (Wildman–Crippen LogP) is 1.15. The third kappa shape index (κ3) is 2.95. The Morgan fingerprint density at radius 1 is 1.36 bits per heavy atom. The summed E-state index contributed by atoms with van der Waals surface area (Å²) in [6, 6.07) is 6.11. The van der Waals surface area contributed by atoms with Crippen LogP contribution in [0.15, 0.2) is 29.3 Å². The van der Waals surface area contributed by atoms with Crippen LogP contribution < -0.4 is 16.8 Å². The van der Waals surface area contributed by atoms with Gasteiger partial charge in [-0.3, -0.25) is 0 Å². The maximum absolute atomic E-state index is 11.1. The monoisotopic (exact) mass is 212 g/mol. The summed E-state index contributed by atoms with van der Waals surface area (Å²) in [6.07, 6.45) is 0. The molecule has 6 heteroatoms. The number of guanidine groups is 1. The van der Waals surface area contributed by atoms with E-state index in [1.807, 2.05) is 0 Å². The van der Waals surface area contributed by atoms with E-state index < -0.39 is 6.03 Å². The van der Waals surface area contributed by atoms with Gasteiger partial charge in [-0.15, -0.1) is 0 Å². The third-order valence-corrected chi connectivity index (χ3v) is 1.68. The maximum atomic E-state index is 11.1. The Labute approximate surface area is 85.8 Å². The van der Waals surface area contributed by atoms with Crippen molar-refractivity contribution in [2.45, 2.75) is 0 Å². The number of nitrogens with two attached hydrogens (primary N) is 2. The van der Waals surface area contributed by atoms with E-state index in [-0.39, 0.29) is 5.96 Å². The number of urea groups is 1. The number of hydrogen-bond donors (Lipinski definition) is 3. The van der Waals surface area contributed by atoms with Crippen molar-refractivity contribution in [3.8, 4) is 0 Å². The van der Waals surface area contributed by atoms with Crippen LogP contribution in [0.5, 0.6) is 0 Å². The van der Waals surface area contributed by atoms with Crippen LogP contribution >= 0.6 is 11.6 Å². The average Bonchev–Trinajstić information content (AvgIpc) is 2.07. The third-order valence-electron chi connectivity index (χ3n) is 1.35. The second-order valence-corrected chi connectivity index (χ2v) is 2.85. The Hall–Kier alpha value is -1.75. The molecule has 0 saturated carbocycles.